The number of ether oxygens (including phenoxy) is 1. The molecule has 13 heavy (non-hydrogen) atoms. The van der Waals surface area contributed by atoms with Crippen molar-refractivity contribution < 1.29 is 14.9 Å². The largest absolute Gasteiger partial charge is 0.468 e. The van der Waals surface area contributed by atoms with E-state index in [-0.39, 0.29) is 19.1 Å². The molecule has 0 saturated carbocycles. The molecule has 5 heteroatoms. The normalized spacial score (nSPS) is 10.4. The first kappa shape index (κ1) is 9.76. The van der Waals surface area contributed by atoms with Crippen LogP contribution in [0.3, 0.4) is 0 Å². The van der Waals surface area contributed by atoms with Crippen LogP contribution < -0.4 is 10.5 Å². The van der Waals surface area contributed by atoms with Crippen molar-refractivity contribution in [1.82, 2.24) is 4.98 Å². The molecule has 0 bridgehead atoms. The number of aliphatic hydroxyl groups excluding tert-OH is 2. The van der Waals surface area contributed by atoms with Crippen LogP contribution in [0.1, 0.15) is 0 Å². The lowest BCUT2D eigenvalue weighted by Gasteiger charge is -2.13. The van der Waals surface area contributed by atoms with E-state index in [0.717, 1.165) is 0 Å². The molecular weight excluding hydrogens is 172 g/mol. The summed E-state index contributed by atoms with van der Waals surface area (Å²) < 4.78 is 5.11. The second kappa shape index (κ2) is 4.64. The molecule has 0 unspecified atom stereocenters. The first-order valence-corrected chi connectivity index (χ1v) is 3.86. The summed E-state index contributed by atoms with van der Waals surface area (Å²) >= 11 is 0. The van der Waals surface area contributed by atoms with Crippen molar-refractivity contribution in [2.75, 3.05) is 18.9 Å². The Hall–Kier alpha value is -1.33. The third-order valence-corrected chi connectivity index (χ3v) is 1.49. The van der Waals surface area contributed by atoms with Gasteiger partial charge in [0.2, 0.25) is 5.88 Å². The van der Waals surface area contributed by atoms with E-state index in [2.05, 4.69) is 4.98 Å². The van der Waals surface area contributed by atoms with Gasteiger partial charge in [-0.3, -0.25) is 0 Å². The molecule has 5 nitrogen and oxygen atoms in total. The van der Waals surface area contributed by atoms with Crippen LogP contribution in [0.15, 0.2) is 18.3 Å². The Balaban J connectivity index is 2.67. The summed E-state index contributed by atoms with van der Waals surface area (Å²) in [7, 11) is 0. The van der Waals surface area contributed by atoms with Crippen molar-refractivity contribution >= 4 is 5.69 Å². The predicted molar refractivity (Wildman–Crippen MR) is 47.2 cm³/mol. The minimum atomic E-state index is -0.669. The van der Waals surface area contributed by atoms with Gasteiger partial charge in [0, 0.05) is 6.20 Å². The third kappa shape index (κ3) is 2.57. The SMILES string of the molecule is Nc1cccnc1OC(CO)CO. The summed E-state index contributed by atoms with van der Waals surface area (Å²) in [6.45, 7) is -0.543. The van der Waals surface area contributed by atoms with Gasteiger partial charge in [-0.05, 0) is 12.1 Å². The highest BCUT2D eigenvalue weighted by Crippen LogP contribution is 2.17. The Bertz CT molecular complexity index is 263. The first-order valence-electron chi connectivity index (χ1n) is 3.86. The minimum Gasteiger partial charge on any atom is -0.468 e. The standard InChI is InChI=1S/C8H12N2O3/c9-7-2-1-3-10-8(7)13-6(4-11)5-12/h1-3,6,11-12H,4-5,9H2. The molecule has 0 atom stereocenters. The zero-order valence-corrected chi connectivity index (χ0v) is 7.05. The number of nitrogens with zero attached hydrogens (tertiary/aromatic N) is 1. The second-order valence-corrected chi connectivity index (χ2v) is 2.50. The molecule has 0 radical (unpaired) electrons. The number of aromatic nitrogens is 1. The molecular formula is C8H12N2O3. The van der Waals surface area contributed by atoms with Gasteiger partial charge in [-0.1, -0.05) is 0 Å². The fourth-order valence-electron chi connectivity index (χ4n) is 0.792. The molecule has 0 aliphatic heterocycles. The van der Waals surface area contributed by atoms with Gasteiger partial charge in [0.25, 0.3) is 0 Å². The van der Waals surface area contributed by atoms with Gasteiger partial charge in [0.1, 0.15) is 6.10 Å². The first-order chi connectivity index (χ1) is 6.27. The Kier molecular flexibility index (Phi) is 3.48. The van der Waals surface area contributed by atoms with Crippen LogP contribution in [0, 0.1) is 0 Å². The van der Waals surface area contributed by atoms with Crippen molar-refractivity contribution in [3.8, 4) is 5.88 Å². The van der Waals surface area contributed by atoms with Crippen LogP contribution in [-0.2, 0) is 0 Å². The molecule has 0 fully saturated rings. The lowest BCUT2D eigenvalue weighted by molar-refractivity contribution is 0.0603. The van der Waals surface area contributed by atoms with E-state index in [1.807, 2.05) is 0 Å². The molecule has 0 aliphatic carbocycles. The second-order valence-electron chi connectivity index (χ2n) is 2.50. The third-order valence-electron chi connectivity index (χ3n) is 1.49. The Labute approximate surface area is 75.8 Å². The van der Waals surface area contributed by atoms with Gasteiger partial charge in [-0.15, -0.1) is 0 Å². The maximum atomic E-state index is 8.72. The van der Waals surface area contributed by atoms with Crippen molar-refractivity contribution in [3.63, 3.8) is 0 Å². The Morgan fingerprint density at radius 3 is 2.69 bits per heavy atom. The molecule has 0 saturated heterocycles. The summed E-state index contributed by atoms with van der Waals surface area (Å²) in [5.74, 6) is 0.232. The lowest BCUT2D eigenvalue weighted by Crippen LogP contribution is -2.26. The van der Waals surface area contributed by atoms with E-state index in [1.165, 1.54) is 6.20 Å². The maximum absolute atomic E-state index is 8.72. The van der Waals surface area contributed by atoms with Crippen LogP contribution in [0.4, 0.5) is 5.69 Å². The van der Waals surface area contributed by atoms with E-state index in [9.17, 15) is 0 Å². The summed E-state index contributed by atoms with van der Waals surface area (Å²) in [6, 6.07) is 3.31. The molecule has 1 aromatic heterocycles. The number of hydrogen-bond acceptors (Lipinski definition) is 5. The van der Waals surface area contributed by atoms with Gasteiger partial charge >= 0.3 is 0 Å². The molecule has 0 amide bonds. The molecule has 0 spiro atoms. The van der Waals surface area contributed by atoms with Crippen molar-refractivity contribution in [2.45, 2.75) is 6.10 Å². The number of hydrogen-bond donors (Lipinski definition) is 3. The minimum absolute atomic E-state index is 0.232. The van der Waals surface area contributed by atoms with Crippen molar-refractivity contribution in [2.24, 2.45) is 0 Å². The number of pyridine rings is 1. The summed E-state index contributed by atoms with van der Waals surface area (Å²) in [5.41, 5.74) is 5.91. The lowest BCUT2D eigenvalue weighted by atomic mass is 10.4. The maximum Gasteiger partial charge on any atom is 0.237 e. The zero-order valence-electron chi connectivity index (χ0n) is 7.05. The molecule has 1 rings (SSSR count). The number of nitrogen functional groups attached to an aromatic ring is 1. The quantitative estimate of drug-likeness (QED) is 0.581. The van der Waals surface area contributed by atoms with Crippen LogP contribution in [0.2, 0.25) is 0 Å². The highest BCUT2D eigenvalue weighted by Gasteiger charge is 2.09. The molecule has 0 aliphatic rings. The average Bonchev–Trinajstić information content (AvgIpc) is 2.17. The zero-order chi connectivity index (χ0) is 9.68. The Morgan fingerprint density at radius 1 is 1.46 bits per heavy atom. The number of anilines is 1. The molecule has 72 valence electrons. The van der Waals surface area contributed by atoms with Gasteiger partial charge in [0.15, 0.2) is 0 Å². The molecule has 1 aromatic rings. The summed E-state index contributed by atoms with van der Waals surface area (Å²) in [5, 5.41) is 17.4. The fourth-order valence-corrected chi connectivity index (χ4v) is 0.792. The summed E-state index contributed by atoms with van der Waals surface area (Å²) in [6.07, 6.45) is 0.856. The fraction of sp³-hybridized carbons (Fsp3) is 0.375. The highest BCUT2D eigenvalue weighted by molar-refractivity contribution is 5.46. The smallest absolute Gasteiger partial charge is 0.237 e. The Morgan fingerprint density at radius 2 is 2.15 bits per heavy atom. The van der Waals surface area contributed by atoms with Gasteiger partial charge < -0.3 is 20.7 Å². The van der Waals surface area contributed by atoms with Gasteiger partial charge in [0.05, 0.1) is 18.9 Å². The van der Waals surface area contributed by atoms with Gasteiger partial charge in [-0.2, -0.15) is 0 Å². The van der Waals surface area contributed by atoms with Crippen LogP contribution in [0.25, 0.3) is 0 Å². The van der Waals surface area contributed by atoms with Crippen molar-refractivity contribution in [3.05, 3.63) is 18.3 Å². The monoisotopic (exact) mass is 184 g/mol. The number of rotatable bonds is 4. The average molecular weight is 184 g/mol. The van der Waals surface area contributed by atoms with Crippen LogP contribution in [-0.4, -0.2) is 34.5 Å². The highest BCUT2D eigenvalue weighted by atomic mass is 16.5. The predicted octanol–water partition coefficient (Wildman–Crippen LogP) is -0.604. The van der Waals surface area contributed by atoms with E-state index in [4.69, 9.17) is 20.7 Å². The topological polar surface area (TPSA) is 88.6 Å². The van der Waals surface area contributed by atoms with E-state index in [0.29, 0.717) is 5.69 Å². The summed E-state index contributed by atoms with van der Waals surface area (Å²) in [4.78, 5) is 3.84. The van der Waals surface area contributed by atoms with E-state index >= 15 is 0 Å². The number of nitrogens with two attached hydrogens (primary N) is 1. The van der Waals surface area contributed by atoms with Crippen LogP contribution in [0.5, 0.6) is 5.88 Å². The van der Waals surface area contributed by atoms with Gasteiger partial charge in [-0.25, -0.2) is 4.98 Å². The molecule has 1 heterocycles. The van der Waals surface area contributed by atoms with E-state index in [1.54, 1.807) is 12.1 Å². The molecule has 0 aromatic carbocycles. The van der Waals surface area contributed by atoms with Crippen LogP contribution >= 0.6 is 0 Å². The van der Waals surface area contributed by atoms with Crippen molar-refractivity contribution in [1.29, 1.82) is 0 Å². The van der Waals surface area contributed by atoms with E-state index < -0.39 is 6.10 Å². The molecule has 4 N–H and O–H groups in total. The number of aliphatic hydroxyl groups is 2.